The summed E-state index contributed by atoms with van der Waals surface area (Å²) in [6.45, 7) is 0. The smallest absolute Gasteiger partial charge is 0.544 e. The van der Waals surface area contributed by atoms with Crippen LogP contribution in [0.3, 0.4) is 0 Å². The molecule has 0 aromatic heterocycles. The number of Topliss-reactive ketones (excluding diaryl/α,β-unsaturated/α-hetero) is 1. The number of rotatable bonds is 4. The van der Waals surface area contributed by atoms with E-state index in [2.05, 4.69) is 0 Å². The van der Waals surface area contributed by atoms with Gasteiger partial charge >= 0.3 is 57.3 Å². The Balaban J connectivity index is 0.00000225. The Morgan fingerprint density at radius 3 is 2.12 bits per heavy atom. The van der Waals surface area contributed by atoms with Crippen LogP contribution in [0.5, 0.6) is 0 Å². The summed E-state index contributed by atoms with van der Waals surface area (Å²) < 4.78 is 25.2. The first-order valence-electron chi connectivity index (χ1n) is 4.11. The van der Waals surface area contributed by atoms with Crippen LogP contribution in [0.1, 0.15) is 5.56 Å². The van der Waals surface area contributed by atoms with Crippen molar-refractivity contribution in [1.82, 2.24) is 0 Å². The van der Waals surface area contributed by atoms with E-state index < -0.39 is 24.1 Å². The monoisotopic (exact) mass is 252 g/mol. The first kappa shape index (κ1) is 15.9. The molecule has 0 aliphatic heterocycles. The molecule has 0 unspecified atom stereocenters. The van der Waals surface area contributed by atoms with Gasteiger partial charge in [0.1, 0.15) is 5.97 Å². The van der Waals surface area contributed by atoms with Crippen molar-refractivity contribution in [2.75, 3.05) is 0 Å². The first-order chi connectivity index (χ1) is 6.94. The Kier molecular flexibility index (Phi) is 6.50. The predicted molar refractivity (Wildman–Crippen MR) is 45.1 cm³/mol. The van der Waals surface area contributed by atoms with Crippen molar-refractivity contribution < 1.29 is 74.9 Å². The summed E-state index contributed by atoms with van der Waals surface area (Å²) in [5.74, 6) is -8.76. The second-order valence-corrected chi connectivity index (χ2v) is 2.95. The molecule has 1 rings (SSSR count). The minimum absolute atomic E-state index is 0. The van der Waals surface area contributed by atoms with E-state index >= 15 is 0 Å². The fourth-order valence-corrected chi connectivity index (χ4v) is 1.01. The minimum atomic E-state index is -4.42. The molecule has 0 fully saturated rings. The SMILES string of the molecule is O=C([O-])C(F)(F)C(=O)Cc1ccccc1.[K+]. The van der Waals surface area contributed by atoms with Crippen molar-refractivity contribution in [3.05, 3.63) is 35.9 Å². The summed E-state index contributed by atoms with van der Waals surface area (Å²) in [7, 11) is 0. The third-order valence-corrected chi connectivity index (χ3v) is 1.81. The molecule has 0 saturated carbocycles. The molecule has 0 N–H and O–H groups in total. The van der Waals surface area contributed by atoms with Gasteiger partial charge in [0, 0.05) is 6.42 Å². The van der Waals surface area contributed by atoms with Crippen molar-refractivity contribution >= 4 is 11.8 Å². The molecule has 0 bridgehead atoms. The number of carbonyl (C=O) groups excluding carboxylic acids is 2. The molecule has 80 valence electrons. The molecule has 0 amide bonds. The summed E-state index contributed by atoms with van der Waals surface area (Å²) in [6, 6.07) is 7.72. The van der Waals surface area contributed by atoms with Gasteiger partial charge in [-0.05, 0) is 5.56 Å². The van der Waals surface area contributed by atoms with Crippen LogP contribution in [0.4, 0.5) is 8.78 Å². The van der Waals surface area contributed by atoms with Gasteiger partial charge in [-0.15, -0.1) is 0 Å². The summed E-state index contributed by atoms with van der Waals surface area (Å²) in [5, 5.41) is 9.97. The molecule has 0 aliphatic rings. The van der Waals surface area contributed by atoms with Gasteiger partial charge in [-0.2, -0.15) is 8.78 Å². The van der Waals surface area contributed by atoms with Gasteiger partial charge in [-0.25, -0.2) is 0 Å². The molecular weight excluding hydrogens is 245 g/mol. The molecule has 0 heterocycles. The van der Waals surface area contributed by atoms with Crippen molar-refractivity contribution in [3.63, 3.8) is 0 Å². The zero-order valence-electron chi connectivity index (χ0n) is 8.57. The normalized spacial score (nSPS) is 10.4. The van der Waals surface area contributed by atoms with Crippen LogP contribution >= 0.6 is 0 Å². The molecular formula is C10H7F2KO3. The quantitative estimate of drug-likeness (QED) is 0.429. The number of carbonyl (C=O) groups is 2. The van der Waals surface area contributed by atoms with Crippen molar-refractivity contribution in [3.8, 4) is 0 Å². The molecule has 0 radical (unpaired) electrons. The maximum Gasteiger partial charge on any atom is 1.00 e. The molecule has 1 aromatic carbocycles. The molecule has 3 nitrogen and oxygen atoms in total. The molecule has 0 atom stereocenters. The van der Waals surface area contributed by atoms with Crippen LogP contribution in [-0.2, 0) is 16.0 Å². The second-order valence-electron chi connectivity index (χ2n) is 2.95. The van der Waals surface area contributed by atoms with Crippen molar-refractivity contribution in [2.45, 2.75) is 12.3 Å². The van der Waals surface area contributed by atoms with Gasteiger partial charge in [-0.1, -0.05) is 30.3 Å². The largest absolute Gasteiger partial charge is 1.00 e. The number of carboxylic acid groups (broad SMARTS) is 1. The van der Waals surface area contributed by atoms with Crippen molar-refractivity contribution in [1.29, 1.82) is 0 Å². The van der Waals surface area contributed by atoms with Gasteiger partial charge in [0.05, 0.1) is 0 Å². The number of halogens is 2. The number of aliphatic carboxylic acids is 1. The summed E-state index contributed by atoms with van der Waals surface area (Å²) >= 11 is 0. The number of hydrogen-bond acceptors (Lipinski definition) is 3. The Morgan fingerprint density at radius 1 is 1.19 bits per heavy atom. The number of alkyl halides is 2. The van der Waals surface area contributed by atoms with E-state index in [1.807, 2.05) is 0 Å². The standard InChI is InChI=1S/C10H8F2O3.K/c11-10(12,9(14)15)8(13)6-7-4-2-1-3-5-7;/h1-5H,6H2,(H,14,15);/q;+1/p-1. The van der Waals surface area contributed by atoms with Gasteiger partial charge in [0.2, 0.25) is 5.78 Å². The fraction of sp³-hybridized carbons (Fsp3) is 0.200. The summed E-state index contributed by atoms with van der Waals surface area (Å²) in [4.78, 5) is 20.9. The molecule has 0 saturated heterocycles. The average molecular weight is 252 g/mol. The molecule has 0 aliphatic carbocycles. The maximum atomic E-state index is 12.6. The number of carboxylic acids is 1. The molecule has 6 heteroatoms. The zero-order chi connectivity index (χ0) is 11.5. The zero-order valence-corrected chi connectivity index (χ0v) is 11.7. The topological polar surface area (TPSA) is 57.2 Å². The van der Waals surface area contributed by atoms with E-state index in [-0.39, 0.29) is 51.4 Å². The average Bonchev–Trinajstić information content (AvgIpc) is 2.18. The maximum absolute atomic E-state index is 12.6. The Hall–Kier alpha value is -0.144. The summed E-state index contributed by atoms with van der Waals surface area (Å²) in [5.41, 5.74) is 0.337. The predicted octanol–water partition coefficient (Wildman–Crippen LogP) is -2.81. The third kappa shape index (κ3) is 4.02. The van der Waals surface area contributed by atoms with Crippen LogP contribution in [0.15, 0.2) is 30.3 Å². The van der Waals surface area contributed by atoms with Crippen LogP contribution in [-0.4, -0.2) is 17.7 Å². The van der Waals surface area contributed by atoms with Crippen LogP contribution < -0.4 is 56.5 Å². The second kappa shape index (κ2) is 6.56. The Morgan fingerprint density at radius 2 is 1.69 bits per heavy atom. The van der Waals surface area contributed by atoms with E-state index in [0.29, 0.717) is 5.56 Å². The fourth-order valence-electron chi connectivity index (χ4n) is 1.01. The molecule has 0 spiro atoms. The molecule has 16 heavy (non-hydrogen) atoms. The van der Waals surface area contributed by atoms with Gasteiger partial charge in [-0.3, -0.25) is 4.79 Å². The van der Waals surface area contributed by atoms with E-state index in [4.69, 9.17) is 0 Å². The minimum Gasteiger partial charge on any atom is -0.544 e. The van der Waals surface area contributed by atoms with Crippen LogP contribution in [0.2, 0.25) is 0 Å². The van der Waals surface area contributed by atoms with Crippen LogP contribution in [0.25, 0.3) is 0 Å². The Bertz CT molecular complexity index is 379. The van der Waals surface area contributed by atoms with Gasteiger partial charge in [0.15, 0.2) is 0 Å². The van der Waals surface area contributed by atoms with E-state index in [1.54, 1.807) is 18.2 Å². The first-order valence-corrected chi connectivity index (χ1v) is 4.11. The number of ketones is 1. The van der Waals surface area contributed by atoms with Crippen LogP contribution in [0, 0.1) is 0 Å². The summed E-state index contributed by atoms with van der Waals surface area (Å²) in [6.07, 6.45) is -0.623. The van der Waals surface area contributed by atoms with Crippen molar-refractivity contribution in [2.24, 2.45) is 0 Å². The van der Waals surface area contributed by atoms with Gasteiger partial charge < -0.3 is 9.90 Å². The van der Waals surface area contributed by atoms with E-state index in [1.165, 1.54) is 12.1 Å². The Labute approximate surface area is 133 Å². The van der Waals surface area contributed by atoms with E-state index in [0.717, 1.165) is 0 Å². The third-order valence-electron chi connectivity index (χ3n) is 1.81. The van der Waals surface area contributed by atoms with E-state index in [9.17, 15) is 23.5 Å². The number of hydrogen-bond donors (Lipinski definition) is 0. The van der Waals surface area contributed by atoms with Gasteiger partial charge in [0.25, 0.3) is 0 Å². The molecule has 1 aromatic rings. The number of benzene rings is 1.